The fourth-order valence-electron chi connectivity index (χ4n) is 2.20. The maximum absolute atomic E-state index is 12.2. The van der Waals surface area contributed by atoms with E-state index in [1.807, 2.05) is 38.1 Å². The van der Waals surface area contributed by atoms with Crippen LogP contribution in [-0.2, 0) is 5.41 Å². The summed E-state index contributed by atoms with van der Waals surface area (Å²) in [6.45, 7) is 4.49. The van der Waals surface area contributed by atoms with E-state index < -0.39 is 5.97 Å². The quantitative estimate of drug-likeness (QED) is 0.850. The van der Waals surface area contributed by atoms with Crippen LogP contribution >= 0.6 is 0 Å². The van der Waals surface area contributed by atoms with Gasteiger partial charge in [-0.15, -0.1) is 0 Å². The molecule has 126 valence electrons. The number of amides is 1. The fraction of sp³-hybridized carbons (Fsp3) is 0.278. The molecule has 2 rings (SSSR count). The number of nitrogens with one attached hydrogen (secondary N) is 1. The van der Waals surface area contributed by atoms with Gasteiger partial charge in [-0.2, -0.15) is 0 Å². The summed E-state index contributed by atoms with van der Waals surface area (Å²) in [6, 6.07) is 10.5. The van der Waals surface area contributed by atoms with Gasteiger partial charge in [0, 0.05) is 18.2 Å². The van der Waals surface area contributed by atoms with E-state index in [0.717, 1.165) is 11.3 Å². The molecule has 0 saturated heterocycles. The number of hydrogen-bond donors (Lipinski definition) is 2. The summed E-state index contributed by atoms with van der Waals surface area (Å²) < 4.78 is 5.15. The molecule has 0 aliphatic carbocycles. The zero-order valence-corrected chi connectivity index (χ0v) is 13.9. The molecule has 0 aliphatic heterocycles. The standard InChI is InChI=1S/C18H20N2O4/c1-18(2,13-5-7-14(24-3)8-6-13)11-20-16(21)12-4-9-15(17(22)23)19-10-12/h4-10H,11H2,1-3H3,(H,20,21)(H,22,23). The average molecular weight is 328 g/mol. The third-order valence-corrected chi connectivity index (χ3v) is 3.81. The highest BCUT2D eigenvalue weighted by Crippen LogP contribution is 2.24. The molecule has 0 radical (unpaired) electrons. The molecule has 24 heavy (non-hydrogen) atoms. The number of methoxy groups -OCH3 is 1. The zero-order valence-electron chi connectivity index (χ0n) is 13.9. The molecule has 0 spiro atoms. The highest BCUT2D eigenvalue weighted by Gasteiger charge is 2.22. The van der Waals surface area contributed by atoms with Gasteiger partial charge < -0.3 is 15.2 Å². The van der Waals surface area contributed by atoms with Crippen LogP contribution in [0.1, 0.15) is 40.3 Å². The van der Waals surface area contributed by atoms with Crippen LogP contribution in [0.25, 0.3) is 0 Å². The van der Waals surface area contributed by atoms with Crippen molar-refractivity contribution in [2.75, 3.05) is 13.7 Å². The van der Waals surface area contributed by atoms with Crippen LogP contribution in [0.3, 0.4) is 0 Å². The SMILES string of the molecule is COc1ccc(C(C)(C)CNC(=O)c2ccc(C(=O)O)nc2)cc1. The van der Waals surface area contributed by atoms with Crippen molar-refractivity contribution in [3.05, 3.63) is 59.4 Å². The van der Waals surface area contributed by atoms with Gasteiger partial charge in [0.25, 0.3) is 5.91 Å². The van der Waals surface area contributed by atoms with Gasteiger partial charge in [-0.1, -0.05) is 26.0 Å². The van der Waals surface area contributed by atoms with Crippen LogP contribution in [-0.4, -0.2) is 35.6 Å². The summed E-state index contributed by atoms with van der Waals surface area (Å²) in [5, 5.41) is 11.7. The number of carbonyl (C=O) groups excluding carboxylic acids is 1. The van der Waals surface area contributed by atoms with Crippen molar-refractivity contribution in [3.8, 4) is 5.75 Å². The average Bonchev–Trinajstić information content (AvgIpc) is 2.60. The Morgan fingerprint density at radius 2 is 1.83 bits per heavy atom. The van der Waals surface area contributed by atoms with E-state index in [9.17, 15) is 9.59 Å². The van der Waals surface area contributed by atoms with Crippen molar-refractivity contribution in [1.82, 2.24) is 10.3 Å². The van der Waals surface area contributed by atoms with Gasteiger partial charge in [-0.3, -0.25) is 4.79 Å². The smallest absolute Gasteiger partial charge is 0.354 e. The number of carboxylic acid groups (broad SMARTS) is 1. The van der Waals surface area contributed by atoms with Gasteiger partial charge in [0.15, 0.2) is 0 Å². The molecule has 0 bridgehead atoms. The molecule has 0 saturated carbocycles. The van der Waals surface area contributed by atoms with Crippen molar-refractivity contribution in [3.63, 3.8) is 0 Å². The summed E-state index contributed by atoms with van der Waals surface area (Å²) in [5.74, 6) is -0.633. The maximum Gasteiger partial charge on any atom is 0.354 e. The van der Waals surface area contributed by atoms with Crippen LogP contribution in [0.15, 0.2) is 42.6 Å². The molecule has 6 nitrogen and oxygen atoms in total. The number of rotatable bonds is 6. The largest absolute Gasteiger partial charge is 0.497 e. The summed E-state index contributed by atoms with van der Waals surface area (Å²) in [5.41, 5.74) is 1.04. The number of pyridine rings is 1. The number of benzene rings is 1. The number of carbonyl (C=O) groups is 2. The summed E-state index contributed by atoms with van der Waals surface area (Å²) in [6.07, 6.45) is 1.26. The Hall–Kier alpha value is -2.89. The third kappa shape index (κ3) is 4.10. The lowest BCUT2D eigenvalue weighted by molar-refractivity contribution is 0.0689. The second-order valence-electron chi connectivity index (χ2n) is 6.03. The molecule has 1 heterocycles. The molecule has 1 amide bonds. The molecule has 0 atom stereocenters. The number of hydrogen-bond acceptors (Lipinski definition) is 4. The van der Waals surface area contributed by atoms with Crippen LogP contribution in [0.2, 0.25) is 0 Å². The van der Waals surface area contributed by atoms with Gasteiger partial charge in [0.2, 0.25) is 0 Å². The van der Waals surface area contributed by atoms with E-state index in [0.29, 0.717) is 12.1 Å². The normalized spacial score (nSPS) is 11.0. The van der Waals surface area contributed by atoms with E-state index in [1.54, 1.807) is 7.11 Å². The minimum Gasteiger partial charge on any atom is -0.497 e. The van der Waals surface area contributed by atoms with Crippen molar-refractivity contribution < 1.29 is 19.4 Å². The summed E-state index contributed by atoms with van der Waals surface area (Å²) in [7, 11) is 1.62. The van der Waals surface area contributed by atoms with E-state index >= 15 is 0 Å². The first-order valence-corrected chi connectivity index (χ1v) is 7.45. The minimum atomic E-state index is -1.12. The van der Waals surface area contributed by atoms with Gasteiger partial charge in [0.05, 0.1) is 12.7 Å². The van der Waals surface area contributed by atoms with Crippen LogP contribution in [0.5, 0.6) is 5.75 Å². The zero-order chi connectivity index (χ0) is 17.7. The van der Waals surface area contributed by atoms with Gasteiger partial charge in [0.1, 0.15) is 11.4 Å². The van der Waals surface area contributed by atoms with Crippen molar-refractivity contribution >= 4 is 11.9 Å². The molecule has 6 heteroatoms. The lowest BCUT2D eigenvalue weighted by Crippen LogP contribution is -2.36. The van der Waals surface area contributed by atoms with E-state index in [4.69, 9.17) is 9.84 Å². The van der Waals surface area contributed by atoms with E-state index in [-0.39, 0.29) is 17.0 Å². The topological polar surface area (TPSA) is 88.5 Å². The molecular weight excluding hydrogens is 308 g/mol. The van der Waals surface area contributed by atoms with Crippen LogP contribution in [0.4, 0.5) is 0 Å². The van der Waals surface area contributed by atoms with Gasteiger partial charge in [-0.05, 0) is 29.8 Å². The number of ether oxygens (including phenoxy) is 1. The predicted octanol–water partition coefficient (Wildman–Crippen LogP) is 2.50. The van der Waals surface area contributed by atoms with Gasteiger partial charge in [-0.25, -0.2) is 9.78 Å². The molecule has 1 aromatic carbocycles. The predicted molar refractivity (Wildman–Crippen MR) is 89.5 cm³/mol. The first kappa shape index (κ1) is 17.5. The molecule has 0 fully saturated rings. The molecular formula is C18H20N2O4. The van der Waals surface area contributed by atoms with Crippen molar-refractivity contribution in [2.24, 2.45) is 0 Å². The molecule has 2 aromatic rings. The Balaban J connectivity index is 2.02. The highest BCUT2D eigenvalue weighted by molar-refractivity contribution is 5.94. The fourth-order valence-corrected chi connectivity index (χ4v) is 2.20. The lowest BCUT2D eigenvalue weighted by atomic mass is 9.84. The molecule has 1 aromatic heterocycles. The monoisotopic (exact) mass is 328 g/mol. The first-order valence-electron chi connectivity index (χ1n) is 7.45. The van der Waals surface area contributed by atoms with Crippen molar-refractivity contribution in [1.29, 1.82) is 0 Å². The Labute approximate surface area is 140 Å². The highest BCUT2D eigenvalue weighted by atomic mass is 16.5. The van der Waals surface area contributed by atoms with Gasteiger partial charge >= 0.3 is 5.97 Å². The third-order valence-electron chi connectivity index (χ3n) is 3.81. The molecule has 0 unspecified atom stereocenters. The van der Waals surface area contributed by atoms with Crippen LogP contribution in [0, 0.1) is 0 Å². The van der Waals surface area contributed by atoms with E-state index in [1.165, 1.54) is 18.3 Å². The second-order valence-corrected chi connectivity index (χ2v) is 6.03. The second kappa shape index (κ2) is 7.12. The molecule has 0 aliphatic rings. The Morgan fingerprint density at radius 1 is 1.17 bits per heavy atom. The van der Waals surface area contributed by atoms with E-state index in [2.05, 4.69) is 10.3 Å². The Bertz CT molecular complexity index is 722. The lowest BCUT2D eigenvalue weighted by Gasteiger charge is -2.26. The summed E-state index contributed by atoms with van der Waals surface area (Å²) in [4.78, 5) is 26.7. The van der Waals surface area contributed by atoms with Crippen molar-refractivity contribution in [2.45, 2.75) is 19.3 Å². The Kier molecular flexibility index (Phi) is 5.18. The first-order chi connectivity index (χ1) is 11.3. The number of carboxylic acids is 1. The maximum atomic E-state index is 12.2. The number of aromatic carboxylic acids is 1. The van der Waals surface area contributed by atoms with Crippen LogP contribution < -0.4 is 10.1 Å². The molecule has 2 N–H and O–H groups in total. The minimum absolute atomic E-state index is 0.0925. The number of aromatic nitrogens is 1. The number of nitrogens with zero attached hydrogens (tertiary/aromatic N) is 1. The Morgan fingerprint density at radius 3 is 2.33 bits per heavy atom. The summed E-state index contributed by atoms with van der Waals surface area (Å²) >= 11 is 0.